The van der Waals surface area contributed by atoms with Gasteiger partial charge in [0.1, 0.15) is 0 Å². The first kappa shape index (κ1) is 11.1. The normalized spacial score (nSPS) is 18.6. The van der Waals surface area contributed by atoms with Gasteiger partial charge >= 0.3 is 0 Å². The largest absolute Gasteiger partial charge is 0.330 e. The van der Waals surface area contributed by atoms with Crippen molar-refractivity contribution in [1.29, 1.82) is 0 Å². The lowest BCUT2D eigenvalue weighted by atomic mass is 9.78. The second kappa shape index (κ2) is 4.22. The molecule has 1 aromatic carbocycles. The topological polar surface area (TPSA) is 69.2 Å². The molecule has 0 amide bonds. The minimum absolute atomic E-state index is 0.163. The van der Waals surface area contributed by atoms with E-state index in [0.29, 0.717) is 6.54 Å². The molecule has 0 bridgehead atoms. The van der Waals surface area contributed by atoms with Crippen LogP contribution in [0.5, 0.6) is 0 Å². The summed E-state index contributed by atoms with van der Waals surface area (Å²) in [5.41, 5.74) is 6.72. The number of nitrogens with two attached hydrogens (primary N) is 1. The van der Waals surface area contributed by atoms with Gasteiger partial charge in [0.2, 0.25) is 0 Å². The molecule has 0 heterocycles. The molecule has 0 atom stereocenters. The third-order valence-electron chi connectivity index (χ3n) is 3.62. The number of hydrogen-bond acceptors (Lipinski definition) is 3. The Bertz CT molecular complexity index is 398. The van der Waals surface area contributed by atoms with Crippen molar-refractivity contribution < 1.29 is 4.92 Å². The first-order chi connectivity index (χ1) is 7.69. The molecule has 1 aromatic rings. The molecule has 16 heavy (non-hydrogen) atoms. The molecule has 4 heteroatoms. The molecular weight excluding hydrogens is 204 g/mol. The summed E-state index contributed by atoms with van der Waals surface area (Å²) in [4.78, 5) is 10.7. The summed E-state index contributed by atoms with van der Waals surface area (Å²) >= 11 is 0. The van der Waals surface area contributed by atoms with Crippen molar-refractivity contribution in [3.05, 3.63) is 39.9 Å². The van der Waals surface area contributed by atoms with Gasteiger partial charge in [0.05, 0.1) is 4.92 Å². The van der Waals surface area contributed by atoms with Gasteiger partial charge in [0.15, 0.2) is 0 Å². The molecule has 0 saturated heterocycles. The van der Waals surface area contributed by atoms with Crippen LogP contribution in [0.15, 0.2) is 24.3 Å². The van der Waals surface area contributed by atoms with Crippen molar-refractivity contribution in [1.82, 2.24) is 0 Å². The van der Waals surface area contributed by atoms with Gasteiger partial charge in [0.25, 0.3) is 5.69 Å². The van der Waals surface area contributed by atoms with Crippen molar-refractivity contribution in [2.24, 2.45) is 5.73 Å². The lowest BCUT2D eigenvalue weighted by Gasteiger charge is -2.27. The first-order valence-electron chi connectivity index (χ1n) is 5.64. The number of nitro benzene ring substituents is 1. The van der Waals surface area contributed by atoms with Gasteiger partial charge in [-0.05, 0) is 12.8 Å². The van der Waals surface area contributed by atoms with Gasteiger partial charge in [-0.25, -0.2) is 0 Å². The minimum atomic E-state index is -0.301. The van der Waals surface area contributed by atoms with Crippen molar-refractivity contribution >= 4 is 5.69 Å². The van der Waals surface area contributed by atoms with Crippen molar-refractivity contribution in [2.45, 2.75) is 31.1 Å². The Kier molecular flexibility index (Phi) is 2.92. The van der Waals surface area contributed by atoms with Crippen LogP contribution in [0.1, 0.15) is 31.2 Å². The van der Waals surface area contributed by atoms with Crippen LogP contribution >= 0.6 is 0 Å². The van der Waals surface area contributed by atoms with Gasteiger partial charge in [-0.1, -0.05) is 31.0 Å². The van der Waals surface area contributed by atoms with Crippen LogP contribution in [0.3, 0.4) is 0 Å². The summed E-state index contributed by atoms with van der Waals surface area (Å²) in [5.74, 6) is 0. The average Bonchev–Trinajstić information content (AvgIpc) is 2.78. The lowest BCUT2D eigenvalue weighted by Crippen LogP contribution is -2.32. The lowest BCUT2D eigenvalue weighted by molar-refractivity contribution is -0.386. The molecule has 0 aromatic heterocycles. The number of hydrogen-bond donors (Lipinski definition) is 1. The highest BCUT2D eigenvalue weighted by Crippen LogP contribution is 2.43. The number of nitro groups is 1. The SMILES string of the molecule is NCC1(c2ccccc2[N+](=O)[O-])CCCC1. The van der Waals surface area contributed by atoms with E-state index in [-0.39, 0.29) is 16.0 Å². The zero-order valence-corrected chi connectivity index (χ0v) is 9.19. The summed E-state index contributed by atoms with van der Waals surface area (Å²) in [7, 11) is 0. The van der Waals surface area contributed by atoms with E-state index >= 15 is 0 Å². The van der Waals surface area contributed by atoms with E-state index in [9.17, 15) is 10.1 Å². The van der Waals surface area contributed by atoms with E-state index in [1.54, 1.807) is 12.1 Å². The summed E-state index contributed by atoms with van der Waals surface area (Å²) in [5, 5.41) is 11.0. The van der Waals surface area contributed by atoms with Crippen LogP contribution in [0.2, 0.25) is 0 Å². The molecule has 86 valence electrons. The molecule has 1 aliphatic carbocycles. The monoisotopic (exact) mass is 220 g/mol. The van der Waals surface area contributed by atoms with Crippen molar-refractivity contribution in [3.8, 4) is 0 Å². The maximum absolute atomic E-state index is 11.0. The van der Waals surface area contributed by atoms with Crippen molar-refractivity contribution in [3.63, 3.8) is 0 Å². The molecule has 0 unspecified atom stereocenters. The Balaban J connectivity index is 2.49. The Morgan fingerprint density at radius 1 is 1.31 bits per heavy atom. The number of para-hydroxylation sites is 1. The third-order valence-corrected chi connectivity index (χ3v) is 3.62. The zero-order chi connectivity index (χ0) is 11.6. The fourth-order valence-corrected chi connectivity index (χ4v) is 2.72. The summed E-state index contributed by atoms with van der Waals surface area (Å²) in [6.45, 7) is 0.498. The number of nitrogens with zero attached hydrogens (tertiary/aromatic N) is 1. The fourth-order valence-electron chi connectivity index (χ4n) is 2.72. The van der Waals surface area contributed by atoms with Crippen molar-refractivity contribution in [2.75, 3.05) is 6.54 Å². The maximum Gasteiger partial charge on any atom is 0.273 e. The first-order valence-corrected chi connectivity index (χ1v) is 5.64. The van der Waals surface area contributed by atoms with Crippen LogP contribution in [-0.2, 0) is 5.41 Å². The maximum atomic E-state index is 11.0. The predicted octanol–water partition coefficient (Wildman–Crippen LogP) is 2.37. The highest BCUT2D eigenvalue weighted by Gasteiger charge is 2.38. The van der Waals surface area contributed by atoms with Gasteiger partial charge in [-0.3, -0.25) is 10.1 Å². The average molecular weight is 220 g/mol. The van der Waals surface area contributed by atoms with Crippen LogP contribution in [0, 0.1) is 10.1 Å². The second-order valence-electron chi connectivity index (χ2n) is 4.47. The van der Waals surface area contributed by atoms with E-state index in [1.165, 1.54) is 0 Å². The molecule has 0 aliphatic heterocycles. The molecule has 1 fully saturated rings. The number of rotatable bonds is 3. The third kappa shape index (κ3) is 1.69. The molecule has 1 aliphatic rings. The fraction of sp³-hybridized carbons (Fsp3) is 0.500. The van der Waals surface area contributed by atoms with Crippen LogP contribution in [0.4, 0.5) is 5.69 Å². The van der Waals surface area contributed by atoms with E-state index in [4.69, 9.17) is 5.73 Å². The number of benzene rings is 1. The van der Waals surface area contributed by atoms with E-state index in [0.717, 1.165) is 31.2 Å². The summed E-state index contributed by atoms with van der Waals surface area (Å²) in [6, 6.07) is 7.00. The smallest absolute Gasteiger partial charge is 0.273 e. The summed E-state index contributed by atoms with van der Waals surface area (Å²) in [6.07, 6.45) is 4.16. The Morgan fingerprint density at radius 2 is 1.94 bits per heavy atom. The molecule has 2 rings (SSSR count). The predicted molar refractivity (Wildman–Crippen MR) is 62.3 cm³/mol. The van der Waals surface area contributed by atoms with E-state index < -0.39 is 0 Å². The highest BCUT2D eigenvalue weighted by atomic mass is 16.6. The molecular formula is C12H16N2O2. The molecule has 4 nitrogen and oxygen atoms in total. The molecule has 0 radical (unpaired) electrons. The molecule has 2 N–H and O–H groups in total. The Labute approximate surface area is 94.6 Å². The summed E-state index contributed by atoms with van der Waals surface area (Å²) < 4.78 is 0. The van der Waals surface area contributed by atoms with E-state index in [2.05, 4.69) is 0 Å². The highest BCUT2D eigenvalue weighted by molar-refractivity contribution is 5.46. The molecule has 0 spiro atoms. The van der Waals surface area contributed by atoms with Crippen LogP contribution < -0.4 is 5.73 Å². The van der Waals surface area contributed by atoms with Crippen LogP contribution in [0.25, 0.3) is 0 Å². The zero-order valence-electron chi connectivity index (χ0n) is 9.19. The minimum Gasteiger partial charge on any atom is -0.330 e. The van der Waals surface area contributed by atoms with Gasteiger partial charge in [-0.15, -0.1) is 0 Å². The Morgan fingerprint density at radius 3 is 2.50 bits per heavy atom. The molecule has 1 saturated carbocycles. The second-order valence-corrected chi connectivity index (χ2v) is 4.47. The van der Waals surface area contributed by atoms with Gasteiger partial charge < -0.3 is 5.73 Å². The van der Waals surface area contributed by atoms with Gasteiger partial charge in [-0.2, -0.15) is 0 Å². The Hall–Kier alpha value is -1.42. The van der Waals surface area contributed by atoms with Crippen LogP contribution in [-0.4, -0.2) is 11.5 Å². The quantitative estimate of drug-likeness (QED) is 0.628. The van der Waals surface area contributed by atoms with E-state index in [1.807, 2.05) is 12.1 Å². The van der Waals surface area contributed by atoms with Gasteiger partial charge in [0, 0.05) is 23.6 Å². The standard InChI is InChI=1S/C12H16N2O2/c13-9-12(7-3-4-8-12)10-5-1-2-6-11(10)14(15)16/h1-2,5-6H,3-4,7-9,13H2.